The van der Waals surface area contributed by atoms with Gasteiger partial charge >= 0.3 is 5.63 Å². The average molecular weight is 419 g/mol. The highest BCUT2D eigenvalue weighted by atomic mass is 79.9. The monoisotopic (exact) mass is 418 g/mol. The van der Waals surface area contributed by atoms with Crippen molar-refractivity contribution >= 4 is 37.7 Å². The molecule has 0 N–H and O–H groups in total. The highest BCUT2D eigenvalue weighted by molar-refractivity contribution is 9.10. The lowest BCUT2D eigenvalue weighted by molar-refractivity contribution is 0.521. The number of unbranched alkanes of at least 4 members (excludes halogenated alkanes) is 6. The summed E-state index contributed by atoms with van der Waals surface area (Å²) in [6.07, 6.45) is 9.03. The van der Waals surface area contributed by atoms with Crippen molar-refractivity contribution in [1.82, 2.24) is 0 Å². The van der Waals surface area contributed by atoms with E-state index in [2.05, 4.69) is 22.9 Å². The van der Waals surface area contributed by atoms with Gasteiger partial charge in [-0.2, -0.15) is 0 Å². The summed E-state index contributed by atoms with van der Waals surface area (Å²) in [4.78, 5) is 12.2. The van der Waals surface area contributed by atoms with Crippen LogP contribution in [-0.4, -0.2) is 0 Å². The van der Waals surface area contributed by atoms with Gasteiger partial charge in [0.25, 0.3) is 0 Å². The molecule has 4 heteroatoms. The maximum atomic E-state index is 14.9. The second kappa shape index (κ2) is 8.81. The normalized spacial score (nSPS) is 11.5. The number of hydrogen-bond acceptors (Lipinski definition) is 2. The number of rotatable bonds is 8. The van der Waals surface area contributed by atoms with Crippen LogP contribution >= 0.6 is 15.9 Å². The van der Waals surface area contributed by atoms with E-state index in [1.165, 1.54) is 32.1 Å². The largest absolute Gasteiger partial charge is 0.419 e. The van der Waals surface area contributed by atoms with Crippen LogP contribution in [0.15, 0.2) is 44.0 Å². The predicted octanol–water partition coefficient (Wildman–Crippen LogP) is 7.14. The summed E-state index contributed by atoms with van der Waals surface area (Å²) >= 11 is 3.36. The van der Waals surface area contributed by atoms with E-state index in [-0.39, 0.29) is 5.58 Å². The van der Waals surface area contributed by atoms with Gasteiger partial charge in [-0.15, -0.1) is 0 Å². The first-order valence-electron chi connectivity index (χ1n) is 9.45. The molecule has 0 unspecified atom stereocenters. The molecule has 1 heterocycles. The lowest BCUT2D eigenvalue weighted by Gasteiger charge is -2.08. The molecule has 0 spiro atoms. The fourth-order valence-electron chi connectivity index (χ4n) is 3.44. The third kappa shape index (κ3) is 4.17. The van der Waals surface area contributed by atoms with Crippen LogP contribution in [0.1, 0.15) is 57.4 Å². The van der Waals surface area contributed by atoms with Gasteiger partial charge in [0.1, 0.15) is 0 Å². The SMILES string of the molecule is CCCCCCCCCc1ccc2c(oc(=O)c3cc(Br)ccc32)c1F. The first kappa shape index (κ1) is 19.1. The Morgan fingerprint density at radius 3 is 2.38 bits per heavy atom. The maximum Gasteiger partial charge on any atom is 0.344 e. The number of benzene rings is 2. The van der Waals surface area contributed by atoms with E-state index >= 15 is 0 Å². The fraction of sp³-hybridized carbons (Fsp3) is 0.409. The van der Waals surface area contributed by atoms with Crippen molar-refractivity contribution in [1.29, 1.82) is 0 Å². The van der Waals surface area contributed by atoms with Crippen molar-refractivity contribution in [2.75, 3.05) is 0 Å². The quantitative estimate of drug-likeness (QED) is 0.221. The van der Waals surface area contributed by atoms with Crippen molar-refractivity contribution < 1.29 is 8.81 Å². The fourth-order valence-corrected chi connectivity index (χ4v) is 3.80. The Balaban J connectivity index is 1.79. The average Bonchev–Trinajstić information content (AvgIpc) is 2.63. The number of halogens is 2. The molecule has 0 atom stereocenters. The Bertz CT molecular complexity index is 962. The van der Waals surface area contributed by atoms with E-state index in [9.17, 15) is 9.18 Å². The third-order valence-corrected chi connectivity index (χ3v) is 5.41. The summed E-state index contributed by atoms with van der Waals surface area (Å²) < 4.78 is 21.0. The Kier molecular flexibility index (Phi) is 6.47. The van der Waals surface area contributed by atoms with Crippen LogP contribution in [0.25, 0.3) is 21.7 Å². The molecular weight excluding hydrogens is 395 g/mol. The van der Waals surface area contributed by atoms with Crippen molar-refractivity contribution in [3.05, 3.63) is 56.6 Å². The highest BCUT2D eigenvalue weighted by Crippen LogP contribution is 2.29. The first-order chi connectivity index (χ1) is 12.6. The minimum absolute atomic E-state index is 0.0743. The molecule has 0 fully saturated rings. The van der Waals surface area contributed by atoms with Gasteiger partial charge in [0.05, 0.1) is 5.39 Å². The van der Waals surface area contributed by atoms with Crippen LogP contribution in [0.4, 0.5) is 4.39 Å². The molecule has 138 valence electrons. The summed E-state index contributed by atoms with van der Waals surface area (Å²) in [5.41, 5.74) is 0.205. The van der Waals surface area contributed by atoms with Gasteiger partial charge in [0.2, 0.25) is 0 Å². The Morgan fingerprint density at radius 1 is 0.923 bits per heavy atom. The topological polar surface area (TPSA) is 30.2 Å². The van der Waals surface area contributed by atoms with E-state index in [4.69, 9.17) is 4.42 Å². The second-order valence-electron chi connectivity index (χ2n) is 6.87. The minimum Gasteiger partial charge on any atom is -0.419 e. The summed E-state index contributed by atoms with van der Waals surface area (Å²) in [5, 5.41) is 1.83. The Morgan fingerprint density at radius 2 is 1.62 bits per heavy atom. The van der Waals surface area contributed by atoms with Crippen LogP contribution < -0.4 is 5.63 Å². The molecule has 3 aromatic rings. The molecule has 0 aliphatic rings. The molecule has 0 radical (unpaired) electrons. The van der Waals surface area contributed by atoms with Crippen LogP contribution in [0.3, 0.4) is 0 Å². The predicted molar refractivity (Wildman–Crippen MR) is 109 cm³/mol. The summed E-state index contributed by atoms with van der Waals surface area (Å²) in [6.45, 7) is 2.21. The maximum absolute atomic E-state index is 14.9. The van der Waals surface area contributed by atoms with E-state index in [1.807, 2.05) is 24.3 Å². The molecular formula is C22H24BrFO2. The third-order valence-electron chi connectivity index (χ3n) is 4.91. The van der Waals surface area contributed by atoms with Crippen molar-refractivity contribution in [2.24, 2.45) is 0 Å². The van der Waals surface area contributed by atoms with Gasteiger partial charge in [-0.3, -0.25) is 0 Å². The smallest absolute Gasteiger partial charge is 0.344 e. The molecule has 0 saturated carbocycles. The van der Waals surface area contributed by atoms with Gasteiger partial charge < -0.3 is 4.42 Å². The molecule has 0 aliphatic heterocycles. The van der Waals surface area contributed by atoms with Crippen molar-refractivity contribution in [3.63, 3.8) is 0 Å². The van der Waals surface area contributed by atoms with Gasteiger partial charge in [0, 0.05) is 15.2 Å². The standard InChI is InChI=1S/C22H24BrFO2/c1-2-3-4-5-6-7-8-9-15-10-12-18-17-13-11-16(23)14-19(17)22(25)26-21(18)20(15)24/h10-14H,2-9H2,1H3. The van der Waals surface area contributed by atoms with Crippen molar-refractivity contribution in [3.8, 4) is 0 Å². The Labute approximate surface area is 161 Å². The number of hydrogen-bond donors (Lipinski definition) is 0. The summed E-state index contributed by atoms with van der Waals surface area (Å²) in [6, 6.07) is 9.09. The molecule has 0 saturated heterocycles. The van der Waals surface area contributed by atoms with Gasteiger partial charge in [-0.1, -0.05) is 79.6 Å². The minimum atomic E-state index is -0.499. The molecule has 3 rings (SSSR count). The van der Waals surface area contributed by atoms with Crippen LogP contribution in [-0.2, 0) is 6.42 Å². The van der Waals surface area contributed by atoms with Crippen LogP contribution in [0.5, 0.6) is 0 Å². The lowest BCUT2D eigenvalue weighted by atomic mass is 10.0. The zero-order chi connectivity index (χ0) is 18.5. The van der Waals surface area contributed by atoms with E-state index in [0.29, 0.717) is 22.8 Å². The van der Waals surface area contributed by atoms with E-state index in [1.54, 1.807) is 6.07 Å². The first-order valence-corrected chi connectivity index (χ1v) is 10.2. The number of fused-ring (bicyclic) bond motifs is 3. The van der Waals surface area contributed by atoms with Crippen LogP contribution in [0.2, 0.25) is 0 Å². The van der Waals surface area contributed by atoms with Crippen molar-refractivity contribution in [2.45, 2.75) is 58.3 Å². The molecule has 26 heavy (non-hydrogen) atoms. The van der Waals surface area contributed by atoms with Gasteiger partial charge in [-0.05, 0) is 30.5 Å². The second-order valence-corrected chi connectivity index (χ2v) is 7.78. The molecule has 0 bridgehead atoms. The molecule has 0 amide bonds. The van der Waals surface area contributed by atoms with Gasteiger partial charge in [-0.25, -0.2) is 9.18 Å². The molecule has 2 aromatic carbocycles. The number of aryl methyl sites for hydroxylation is 1. The summed E-state index contributed by atoms with van der Waals surface area (Å²) in [7, 11) is 0. The van der Waals surface area contributed by atoms with E-state index in [0.717, 1.165) is 22.7 Å². The lowest BCUT2D eigenvalue weighted by Crippen LogP contribution is -2.02. The molecule has 1 aromatic heterocycles. The molecule has 0 aliphatic carbocycles. The zero-order valence-electron chi connectivity index (χ0n) is 15.1. The zero-order valence-corrected chi connectivity index (χ0v) is 16.7. The molecule has 2 nitrogen and oxygen atoms in total. The highest BCUT2D eigenvalue weighted by Gasteiger charge is 2.14. The van der Waals surface area contributed by atoms with Gasteiger partial charge in [0.15, 0.2) is 11.4 Å². The summed E-state index contributed by atoms with van der Waals surface area (Å²) in [5.74, 6) is -0.393. The van der Waals surface area contributed by atoms with Crippen LogP contribution in [0, 0.1) is 5.82 Å². The Hall–Kier alpha value is -1.68. The van der Waals surface area contributed by atoms with E-state index < -0.39 is 11.4 Å².